The minimum atomic E-state index is 0. The summed E-state index contributed by atoms with van der Waals surface area (Å²) in [6.07, 6.45) is 0. The van der Waals surface area contributed by atoms with E-state index in [4.69, 9.17) is 4.42 Å². The van der Waals surface area contributed by atoms with Crippen LogP contribution in [0.1, 0.15) is 17.3 Å². The van der Waals surface area contributed by atoms with Crippen LogP contribution in [0.2, 0.25) is 0 Å². The Bertz CT molecular complexity index is 175. The van der Waals surface area contributed by atoms with Crippen LogP contribution in [0, 0.1) is 20.8 Å². The molecule has 0 saturated heterocycles. The maximum Gasteiger partial charge on any atom is 1.00 e. The van der Waals surface area contributed by atoms with E-state index in [1.54, 1.807) is 0 Å². The van der Waals surface area contributed by atoms with Crippen molar-refractivity contribution in [3.05, 3.63) is 24.3 Å². The molecule has 0 bridgehead atoms. The number of rotatable bonds is 0. The third-order valence-corrected chi connectivity index (χ3v) is 1.07. The fraction of sp³-hybridized carbons (Fsp3) is 0.333. The Kier molecular flexibility index (Phi) is 2.89. The second kappa shape index (κ2) is 3.00. The molecule has 0 spiro atoms. The first-order valence-corrected chi connectivity index (χ1v) is 2.46. The van der Waals surface area contributed by atoms with Gasteiger partial charge in [0.25, 0.3) is 0 Å². The van der Waals surface area contributed by atoms with Crippen LogP contribution in [0.3, 0.4) is 0 Å². The zero-order valence-corrected chi connectivity index (χ0v) is 6.06. The molecule has 0 radical (unpaired) electrons. The molecular weight excluding hydrogens is 109 g/mol. The molecule has 0 unspecified atom stereocenters. The number of aryl methyl sites for hydroxylation is 2. The van der Waals surface area contributed by atoms with Crippen LogP contribution < -0.4 is 18.9 Å². The van der Waals surface area contributed by atoms with Crippen molar-refractivity contribution in [2.45, 2.75) is 13.8 Å². The van der Waals surface area contributed by atoms with Gasteiger partial charge in [-0.15, -0.1) is 0 Å². The van der Waals surface area contributed by atoms with Crippen LogP contribution in [-0.4, -0.2) is 4.98 Å². The minimum Gasteiger partial charge on any atom is -0.477 e. The molecule has 0 fully saturated rings. The third kappa shape index (κ3) is 1.81. The average molecular weight is 117 g/mol. The second-order valence-corrected chi connectivity index (χ2v) is 1.75. The summed E-state index contributed by atoms with van der Waals surface area (Å²) in [4.78, 5) is 3.93. The van der Waals surface area contributed by atoms with Crippen molar-refractivity contribution in [1.82, 2.24) is 4.98 Å². The van der Waals surface area contributed by atoms with E-state index in [0.29, 0.717) is 5.89 Å². The monoisotopic (exact) mass is 117 g/mol. The summed E-state index contributed by atoms with van der Waals surface area (Å²) in [5.41, 5.74) is 0.926. The molecule has 44 valence electrons. The molecule has 0 aliphatic heterocycles. The van der Waals surface area contributed by atoms with E-state index >= 15 is 0 Å². The maximum absolute atomic E-state index is 4.99. The van der Waals surface area contributed by atoms with Crippen molar-refractivity contribution in [2.24, 2.45) is 0 Å². The summed E-state index contributed by atoms with van der Waals surface area (Å²) in [7, 11) is 0. The Morgan fingerprint density at radius 2 is 2.00 bits per heavy atom. The summed E-state index contributed by atoms with van der Waals surface area (Å²) in [5, 5.41) is 0. The molecule has 0 aromatic carbocycles. The van der Waals surface area contributed by atoms with Gasteiger partial charge in [-0.3, -0.25) is 0 Å². The Balaban J connectivity index is 0.000000640. The zero-order chi connectivity index (χ0) is 6.15. The molecule has 1 rings (SSSR count). The van der Waals surface area contributed by atoms with Gasteiger partial charge in [0.05, 0.1) is 11.6 Å². The van der Waals surface area contributed by atoms with Gasteiger partial charge in [-0.05, 0) is 13.8 Å². The quantitative estimate of drug-likeness (QED) is 0.304. The Morgan fingerprint density at radius 1 is 1.44 bits per heavy atom. The molecule has 0 saturated carbocycles. The van der Waals surface area contributed by atoms with E-state index in [-0.39, 0.29) is 18.9 Å². The molecule has 1 heterocycles. The van der Waals surface area contributed by atoms with Crippen LogP contribution in [0.5, 0.6) is 0 Å². The van der Waals surface area contributed by atoms with E-state index in [1.165, 1.54) is 0 Å². The SMILES string of the molecule is [CH2-]c1nc(C)c(C)o1.[Li+]. The summed E-state index contributed by atoms with van der Waals surface area (Å²) >= 11 is 0. The van der Waals surface area contributed by atoms with Crippen molar-refractivity contribution >= 4 is 0 Å². The molecule has 1 aromatic rings. The number of nitrogens with zero attached hydrogens (tertiary/aromatic N) is 1. The number of aromatic nitrogens is 1. The first-order valence-electron chi connectivity index (χ1n) is 2.46. The predicted octanol–water partition coefficient (Wildman–Crippen LogP) is -1.52. The van der Waals surface area contributed by atoms with Crippen molar-refractivity contribution in [2.75, 3.05) is 0 Å². The largest absolute Gasteiger partial charge is 1.00 e. The zero-order valence-electron chi connectivity index (χ0n) is 6.06. The number of hydrogen-bond donors (Lipinski definition) is 0. The molecule has 0 aliphatic carbocycles. The molecule has 1 aromatic heterocycles. The van der Waals surface area contributed by atoms with Gasteiger partial charge in [-0.1, -0.05) is 0 Å². The second-order valence-electron chi connectivity index (χ2n) is 1.75. The standard InChI is InChI=1S/C6H8NO.Li/c1-4-5(2)8-6(3)7-4;/h3H2,1-2H3;/q-1;+1. The minimum absolute atomic E-state index is 0. The van der Waals surface area contributed by atoms with Crippen molar-refractivity contribution in [3.63, 3.8) is 0 Å². The summed E-state index contributed by atoms with van der Waals surface area (Å²) in [6, 6.07) is 0. The fourth-order valence-electron chi connectivity index (χ4n) is 0.539. The molecule has 2 nitrogen and oxygen atoms in total. The molecule has 0 atom stereocenters. The van der Waals surface area contributed by atoms with Gasteiger partial charge >= 0.3 is 18.9 Å². The third-order valence-electron chi connectivity index (χ3n) is 1.07. The van der Waals surface area contributed by atoms with E-state index < -0.39 is 0 Å². The summed E-state index contributed by atoms with van der Waals surface area (Å²) in [5.74, 6) is 1.36. The van der Waals surface area contributed by atoms with Gasteiger partial charge in [-0.2, -0.15) is 0 Å². The topological polar surface area (TPSA) is 26.0 Å². The Labute approximate surface area is 66.8 Å². The van der Waals surface area contributed by atoms with Crippen LogP contribution >= 0.6 is 0 Å². The van der Waals surface area contributed by atoms with Gasteiger partial charge in [0, 0.05) is 0 Å². The molecule has 0 amide bonds. The van der Waals surface area contributed by atoms with Gasteiger partial charge in [0.15, 0.2) is 0 Å². The number of oxazole rings is 1. The molecular formula is C6H8LiNO. The summed E-state index contributed by atoms with van der Waals surface area (Å²) in [6.45, 7) is 7.29. The summed E-state index contributed by atoms with van der Waals surface area (Å²) < 4.78 is 4.99. The van der Waals surface area contributed by atoms with E-state index in [2.05, 4.69) is 11.9 Å². The van der Waals surface area contributed by atoms with Crippen LogP contribution in [0.15, 0.2) is 4.42 Å². The van der Waals surface area contributed by atoms with Crippen LogP contribution in [-0.2, 0) is 0 Å². The molecule has 0 N–H and O–H groups in total. The van der Waals surface area contributed by atoms with E-state index in [1.807, 2.05) is 13.8 Å². The van der Waals surface area contributed by atoms with Crippen molar-refractivity contribution in [3.8, 4) is 0 Å². The Hall–Kier alpha value is -0.323. The Morgan fingerprint density at radius 3 is 2.11 bits per heavy atom. The van der Waals surface area contributed by atoms with E-state index in [9.17, 15) is 0 Å². The van der Waals surface area contributed by atoms with Gasteiger partial charge in [0.1, 0.15) is 5.76 Å². The van der Waals surface area contributed by atoms with E-state index in [0.717, 1.165) is 11.5 Å². The van der Waals surface area contributed by atoms with Crippen LogP contribution in [0.25, 0.3) is 0 Å². The smallest absolute Gasteiger partial charge is 0.477 e. The average Bonchev–Trinajstić information content (AvgIpc) is 1.85. The van der Waals surface area contributed by atoms with Gasteiger partial charge in [0.2, 0.25) is 0 Å². The van der Waals surface area contributed by atoms with Crippen molar-refractivity contribution < 1.29 is 23.3 Å². The molecule has 9 heavy (non-hydrogen) atoms. The normalized spacial score (nSPS) is 8.67. The fourth-order valence-corrected chi connectivity index (χ4v) is 0.539. The molecule has 0 aliphatic rings. The van der Waals surface area contributed by atoms with Gasteiger partial charge in [-0.25, -0.2) is 4.98 Å². The maximum atomic E-state index is 4.99. The van der Waals surface area contributed by atoms with Crippen molar-refractivity contribution in [1.29, 1.82) is 0 Å². The number of hydrogen-bond acceptors (Lipinski definition) is 2. The first-order chi connectivity index (χ1) is 3.70. The van der Waals surface area contributed by atoms with Crippen LogP contribution in [0.4, 0.5) is 0 Å². The van der Waals surface area contributed by atoms with Gasteiger partial charge < -0.3 is 11.3 Å². The molecule has 3 heteroatoms. The first kappa shape index (κ1) is 8.68. The predicted molar refractivity (Wildman–Crippen MR) is 30.4 cm³/mol.